The minimum atomic E-state index is -0.910. The van der Waals surface area contributed by atoms with Crippen LogP contribution in [0, 0.1) is 22.7 Å². The molecule has 3 amide bonds. The van der Waals surface area contributed by atoms with Gasteiger partial charge in [0.25, 0.3) is 5.91 Å². The van der Waals surface area contributed by atoms with E-state index >= 15 is 4.79 Å². The fraction of sp³-hybridized carbons (Fsp3) is 0.630. The minimum Gasteiger partial charge on any atom is -0.464 e. The van der Waals surface area contributed by atoms with E-state index in [0.29, 0.717) is 37.8 Å². The molecule has 4 saturated heterocycles. The number of aromatic nitrogens is 3. The number of carbonyl (C=O) groups is 4. The molecule has 7 aliphatic rings. The van der Waals surface area contributed by atoms with Crippen molar-refractivity contribution in [3.05, 3.63) is 58.2 Å². The predicted molar refractivity (Wildman–Crippen MR) is 267 cm³/mol. The molecular weight excluding hydrogens is 887 g/mol. The largest absolute Gasteiger partial charge is 0.464 e. The molecule has 2 saturated carbocycles. The summed E-state index contributed by atoms with van der Waals surface area (Å²) in [4.78, 5) is 72.2. The number of carbonyl (C=O) groups excluding carboxylic acids is 4. The van der Waals surface area contributed by atoms with Crippen LogP contribution < -0.4 is 16.1 Å². The zero-order valence-corrected chi connectivity index (χ0v) is 42.0. The Kier molecular flexibility index (Phi) is 12.5. The van der Waals surface area contributed by atoms with Gasteiger partial charge in [-0.05, 0) is 119 Å². The second kappa shape index (κ2) is 18.5. The van der Waals surface area contributed by atoms with E-state index in [2.05, 4.69) is 94.7 Å². The van der Waals surface area contributed by atoms with Gasteiger partial charge in [0.2, 0.25) is 11.8 Å². The smallest absolute Gasteiger partial charge is 0.324 e. The summed E-state index contributed by atoms with van der Waals surface area (Å²) in [6, 6.07) is 9.15. The maximum atomic E-state index is 15.1. The summed E-state index contributed by atoms with van der Waals surface area (Å²) >= 11 is 1.51. The molecule has 15 heteroatoms. The number of likely N-dealkylation sites (tertiary alicyclic amines) is 2. The Balaban J connectivity index is 0.906. The van der Waals surface area contributed by atoms with Crippen LogP contribution in [0.5, 0.6) is 0 Å². The molecule has 4 aromatic rings. The van der Waals surface area contributed by atoms with E-state index in [9.17, 15) is 14.4 Å². The summed E-state index contributed by atoms with van der Waals surface area (Å²) in [5.74, 6) is 0.543. The van der Waals surface area contributed by atoms with Gasteiger partial charge in [-0.25, -0.2) is 10.4 Å². The van der Waals surface area contributed by atoms with Crippen molar-refractivity contribution in [1.29, 1.82) is 0 Å². The molecule has 0 unspecified atom stereocenters. The number of thiazole rings is 1. The number of fused-ring (bicyclic) bond motifs is 6. The number of benzene rings is 1. The van der Waals surface area contributed by atoms with Crippen molar-refractivity contribution in [3.8, 4) is 22.5 Å². The van der Waals surface area contributed by atoms with Crippen LogP contribution in [0.25, 0.3) is 33.4 Å². The molecule has 8 heterocycles. The number of hydrogen-bond acceptors (Lipinski definition) is 11. The summed E-state index contributed by atoms with van der Waals surface area (Å²) in [6.45, 7) is 15.3. The van der Waals surface area contributed by atoms with E-state index in [-0.39, 0.29) is 66.1 Å². The van der Waals surface area contributed by atoms with Crippen LogP contribution in [0.2, 0.25) is 0 Å². The number of aryl methyl sites for hydroxylation is 1. The quantitative estimate of drug-likeness (QED) is 0.119. The SMILES string of the molecule is CCn1c(-c2cccnc2C(C)C)c2c3cc(ccc31)-c1csc(n1)C[C@H](NC(=O)[C@H](C1CCCC1)N1CC[C@]3(CCN(C(=O)[C@@H]4N[C@@H]4C4CC4)C3)C1)C(=O)N1CCC[C@H](N1)C(=O)OCC(C)(C)C2. The fourth-order valence-electron chi connectivity index (χ4n) is 12.9. The van der Waals surface area contributed by atoms with Crippen LogP contribution in [0.15, 0.2) is 41.9 Å². The first-order valence-electron chi connectivity index (χ1n) is 26.2. The Labute approximate surface area is 410 Å². The molecule has 1 aromatic carbocycles. The van der Waals surface area contributed by atoms with Gasteiger partial charge < -0.3 is 19.5 Å². The highest BCUT2D eigenvalue weighted by Crippen LogP contribution is 2.46. The van der Waals surface area contributed by atoms with E-state index in [1.165, 1.54) is 29.7 Å². The number of nitrogens with zero attached hydrogens (tertiary/aromatic N) is 6. The molecule has 2 aliphatic carbocycles. The topological polar surface area (TPSA) is 164 Å². The fourth-order valence-corrected chi connectivity index (χ4v) is 13.7. The van der Waals surface area contributed by atoms with Gasteiger partial charge in [-0.3, -0.25) is 39.4 Å². The molecule has 11 rings (SSSR count). The van der Waals surface area contributed by atoms with Crippen LogP contribution >= 0.6 is 11.3 Å². The lowest BCUT2D eigenvalue weighted by Crippen LogP contribution is -2.62. The number of hydrogen-bond donors (Lipinski definition) is 3. The molecule has 6 fully saturated rings. The molecule has 5 aliphatic heterocycles. The highest BCUT2D eigenvalue weighted by molar-refractivity contribution is 7.10. The first-order valence-corrected chi connectivity index (χ1v) is 27.1. The monoisotopic (exact) mass is 958 g/mol. The Bertz CT molecular complexity index is 2630. The van der Waals surface area contributed by atoms with Gasteiger partial charge in [-0.2, -0.15) is 0 Å². The molecule has 1 spiro atoms. The summed E-state index contributed by atoms with van der Waals surface area (Å²) in [7, 11) is 0. The lowest BCUT2D eigenvalue weighted by molar-refractivity contribution is -0.155. The Morgan fingerprint density at radius 1 is 1.00 bits per heavy atom. The summed E-state index contributed by atoms with van der Waals surface area (Å²) in [6.07, 6.45) is 12.4. The first kappa shape index (κ1) is 46.7. The van der Waals surface area contributed by atoms with Gasteiger partial charge in [0, 0.05) is 89.6 Å². The molecule has 6 atom stereocenters. The summed E-state index contributed by atoms with van der Waals surface area (Å²) < 4.78 is 8.59. The number of cyclic esters (lactones) is 1. The molecular formula is C54H71N9O5S. The Morgan fingerprint density at radius 3 is 2.59 bits per heavy atom. The number of esters is 1. The van der Waals surface area contributed by atoms with Crippen LogP contribution in [-0.4, -0.2) is 123 Å². The third kappa shape index (κ3) is 9.14. The predicted octanol–water partition coefficient (Wildman–Crippen LogP) is 6.85. The summed E-state index contributed by atoms with van der Waals surface area (Å²) in [5, 5.41) is 12.3. The van der Waals surface area contributed by atoms with Gasteiger partial charge in [-0.15, -0.1) is 11.3 Å². The van der Waals surface area contributed by atoms with E-state index in [0.717, 1.165) is 115 Å². The average molecular weight is 958 g/mol. The van der Waals surface area contributed by atoms with Gasteiger partial charge in [0.15, 0.2) is 0 Å². The third-order valence-electron chi connectivity index (χ3n) is 16.7. The van der Waals surface area contributed by atoms with Crippen LogP contribution in [0.4, 0.5) is 0 Å². The number of hydrazine groups is 1. The Hall–Kier alpha value is -4.70. The summed E-state index contributed by atoms with van der Waals surface area (Å²) in [5.41, 5.74) is 10.2. The molecule has 3 N–H and O–H groups in total. The van der Waals surface area contributed by atoms with E-state index in [1.54, 1.807) is 5.01 Å². The van der Waals surface area contributed by atoms with E-state index < -0.39 is 17.5 Å². The van der Waals surface area contributed by atoms with Crippen molar-refractivity contribution < 1.29 is 23.9 Å². The number of ether oxygens (including phenoxy) is 1. The molecule has 3 aromatic heterocycles. The number of rotatable bonds is 9. The minimum absolute atomic E-state index is 0.0200. The maximum Gasteiger partial charge on any atom is 0.324 e. The van der Waals surface area contributed by atoms with Crippen LogP contribution in [-0.2, 0) is 43.3 Å². The van der Waals surface area contributed by atoms with Crippen molar-refractivity contribution in [1.82, 2.24) is 45.4 Å². The number of pyridine rings is 1. The normalized spacial score (nSPS) is 28.1. The number of nitrogens with one attached hydrogen (secondary N) is 3. The molecule has 368 valence electrons. The third-order valence-corrected chi connectivity index (χ3v) is 17.6. The molecule has 0 radical (unpaired) electrons. The molecule has 69 heavy (non-hydrogen) atoms. The van der Waals surface area contributed by atoms with Crippen molar-refractivity contribution >= 4 is 45.9 Å². The first-order chi connectivity index (χ1) is 33.3. The zero-order chi connectivity index (χ0) is 47.8. The standard InChI is InChI=1S/C54H71N9O5S/c1-6-62-42-18-17-35-25-37(42)38(48(62)36-13-9-21-55-44(36)32(2)3)27-53(4,5)31-68-52(67)39-14-10-22-63(59-39)50(65)40(26-43-56-41(35)28-69-43)57-49(64)47(34-11-7-8-12-34)60-23-19-54(29-60)20-24-61(30-54)51(66)46-45(58-46)33-15-16-33/h9,13,17-18,21,25,28,32-34,39-40,45-47,58-59H,6-8,10-12,14-16,19-20,22-24,26-27,29-31H2,1-5H3,(H,57,64)/t39-,40-,45+,46+,47-,54-/m0/s1. The molecule has 6 bridgehead atoms. The second-order valence-corrected chi connectivity index (χ2v) is 23.7. The van der Waals surface area contributed by atoms with Crippen LogP contribution in [0.3, 0.4) is 0 Å². The lowest BCUT2D eigenvalue weighted by atomic mass is 9.84. The van der Waals surface area contributed by atoms with Crippen molar-refractivity contribution in [2.75, 3.05) is 39.3 Å². The van der Waals surface area contributed by atoms with Gasteiger partial charge in [0.1, 0.15) is 18.1 Å². The zero-order valence-electron chi connectivity index (χ0n) is 41.2. The van der Waals surface area contributed by atoms with Crippen molar-refractivity contribution in [2.45, 2.75) is 154 Å². The Morgan fingerprint density at radius 2 is 1.81 bits per heavy atom. The highest BCUT2D eigenvalue weighted by atomic mass is 32.1. The van der Waals surface area contributed by atoms with E-state index in [1.807, 2.05) is 12.3 Å². The lowest BCUT2D eigenvalue weighted by Gasteiger charge is -2.37. The van der Waals surface area contributed by atoms with Gasteiger partial charge >= 0.3 is 5.97 Å². The van der Waals surface area contributed by atoms with Crippen molar-refractivity contribution in [2.24, 2.45) is 22.7 Å². The van der Waals surface area contributed by atoms with Gasteiger partial charge in [0.05, 0.1) is 34.7 Å². The average Bonchev–Trinajstić information content (AvgIpc) is 4.00. The van der Waals surface area contributed by atoms with E-state index in [4.69, 9.17) is 14.7 Å². The van der Waals surface area contributed by atoms with Crippen LogP contribution in [0.1, 0.15) is 121 Å². The maximum absolute atomic E-state index is 15.1. The number of amides is 3. The molecule has 14 nitrogen and oxygen atoms in total. The second-order valence-electron chi connectivity index (χ2n) is 22.8. The van der Waals surface area contributed by atoms with Crippen molar-refractivity contribution in [3.63, 3.8) is 0 Å². The van der Waals surface area contributed by atoms with Gasteiger partial charge in [-0.1, -0.05) is 46.6 Å². The highest BCUT2D eigenvalue weighted by Gasteiger charge is 2.55.